The van der Waals surface area contributed by atoms with E-state index in [4.69, 9.17) is 26.1 Å². The van der Waals surface area contributed by atoms with Gasteiger partial charge < -0.3 is 24.6 Å². The molecule has 0 radical (unpaired) electrons. The second kappa shape index (κ2) is 8.97. The molecule has 0 unspecified atom stereocenters. The number of fused-ring (bicyclic) bond motifs is 1. The molecule has 1 fully saturated rings. The van der Waals surface area contributed by atoms with Crippen molar-refractivity contribution in [1.82, 2.24) is 15.2 Å². The van der Waals surface area contributed by atoms with E-state index in [0.717, 1.165) is 45.5 Å². The van der Waals surface area contributed by atoms with E-state index in [9.17, 15) is 4.79 Å². The summed E-state index contributed by atoms with van der Waals surface area (Å²) in [6.45, 7) is 3.19. The Balaban J connectivity index is 1.38. The average Bonchev–Trinajstić information content (AvgIpc) is 3.23. The summed E-state index contributed by atoms with van der Waals surface area (Å²) < 4.78 is 11.9. The van der Waals surface area contributed by atoms with Gasteiger partial charge in [-0.2, -0.15) is 0 Å². The molecular weight excluding hydrogens is 424 g/mol. The highest BCUT2D eigenvalue weighted by Crippen LogP contribution is 2.40. The van der Waals surface area contributed by atoms with Crippen LogP contribution in [0.3, 0.4) is 0 Å². The van der Waals surface area contributed by atoms with Crippen molar-refractivity contribution in [2.24, 2.45) is 0 Å². The molecule has 4 rings (SSSR count). The van der Waals surface area contributed by atoms with Crippen LogP contribution in [0.15, 0.2) is 36.4 Å². The first-order valence-corrected chi connectivity index (χ1v) is 10.8. The minimum absolute atomic E-state index is 0.0581. The van der Waals surface area contributed by atoms with E-state index in [0.29, 0.717) is 24.7 Å². The monoisotopic (exact) mass is 446 g/mol. The van der Waals surface area contributed by atoms with Crippen LogP contribution in [0.4, 0.5) is 9.93 Å². The number of hydrogen-bond donors (Lipinski definition) is 1. The zero-order valence-electron chi connectivity index (χ0n) is 16.9. The lowest BCUT2D eigenvalue weighted by Crippen LogP contribution is -2.51. The Labute approximate surface area is 184 Å². The van der Waals surface area contributed by atoms with Crippen molar-refractivity contribution in [2.75, 3.05) is 45.3 Å². The van der Waals surface area contributed by atoms with Crippen molar-refractivity contribution in [2.45, 2.75) is 6.54 Å². The van der Waals surface area contributed by atoms with Gasteiger partial charge in [0.1, 0.15) is 21.7 Å². The number of ether oxygens (including phenoxy) is 2. The highest BCUT2D eigenvalue weighted by Gasteiger charge is 2.24. The van der Waals surface area contributed by atoms with E-state index < -0.39 is 0 Å². The average molecular weight is 447 g/mol. The number of carbonyl (C=O) groups is 1. The van der Waals surface area contributed by atoms with Crippen LogP contribution in [-0.2, 0) is 6.54 Å². The summed E-state index contributed by atoms with van der Waals surface area (Å²) in [5, 5.41) is 4.57. The van der Waals surface area contributed by atoms with E-state index in [1.165, 1.54) is 0 Å². The molecule has 0 atom stereocenters. The molecule has 1 N–H and O–H groups in total. The van der Waals surface area contributed by atoms with Gasteiger partial charge in [-0.25, -0.2) is 9.78 Å². The van der Waals surface area contributed by atoms with Crippen LogP contribution in [0.5, 0.6) is 11.5 Å². The fourth-order valence-corrected chi connectivity index (χ4v) is 4.65. The Morgan fingerprint density at radius 2 is 1.73 bits per heavy atom. The molecule has 0 bridgehead atoms. The largest absolute Gasteiger partial charge is 0.495 e. The Morgan fingerprint density at radius 3 is 2.40 bits per heavy atom. The first-order chi connectivity index (χ1) is 14.6. The molecule has 0 saturated carbocycles. The second-order valence-electron chi connectivity index (χ2n) is 6.90. The fourth-order valence-electron chi connectivity index (χ4n) is 3.40. The predicted octanol–water partition coefficient (Wildman–Crippen LogP) is 4.00. The van der Waals surface area contributed by atoms with E-state index in [1.807, 2.05) is 41.3 Å². The van der Waals surface area contributed by atoms with E-state index in [-0.39, 0.29) is 6.03 Å². The Kier molecular flexibility index (Phi) is 6.15. The molecule has 2 aromatic carbocycles. The van der Waals surface area contributed by atoms with Gasteiger partial charge in [-0.1, -0.05) is 35.1 Å². The van der Waals surface area contributed by atoms with Crippen LogP contribution in [0, 0.1) is 0 Å². The van der Waals surface area contributed by atoms with Crippen molar-refractivity contribution in [3.63, 3.8) is 0 Å². The Morgan fingerprint density at radius 1 is 1.07 bits per heavy atom. The molecule has 3 aromatic rings. The second-order valence-corrected chi connectivity index (χ2v) is 8.32. The summed E-state index contributed by atoms with van der Waals surface area (Å²) in [4.78, 5) is 21.3. The number of methoxy groups -OCH3 is 2. The quantitative estimate of drug-likeness (QED) is 0.641. The molecule has 30 heavy (non-hydrogen) atoms. The van der Waals surface area contributed by atoms with E-state index >= 15 is 0 Å². The fraction of sp³-hybridized carbons (Fsp3) is 0.333. The molecular formula is C21H23ClN4O3S. The third-order valence-corrected chi connectivity index (χ3v) is 6.48. The minimum Gasteiger partial charge on any atom is -0.495 e. The number of rotatable bonds is 5. The van der Waals surface area contributed by atoms with Crippen LogP contribution < -0.4 is 19.7 Å². The Hall–Kier alpha value is -2.71. The van der Waals surface area contributed by atoms with Crippen LogP contribution in [0.2, 0.25) is 5.02 Å². The maximum Gasteiger partial charge on any atom is 0.317 e. The number of amides is 2. The number of aromatic nitrogens is 1. The number of urea groups is 1. The highest BCUT2D eigenvalue weighted by atomic mass is 35.5. The summed E-state index contributed by atoms with van der Waals surface area (Å²) in [5.41, 5.74) is 1.82. The lowest BCUT2D eigenvalue weighted by Gasteiger charge is -2.34. The normalized spacial score (nSPS) is 14.1. The molecule has 0 spiro atoms. The number of thiazole rings is 1. The predicted molar refractivity (Wildman–Crippen MR) is 120 cm³/mol. The number of carbonyl (C=O) groups excluding carboxylic acids is 1. The van der Waals surface area contributed by atoms with Crippen molar-refractivity contribution in [1.29, 1.82) is 0 Å². The molecule has 2 heterocycles. The van der Waals surface area contributed by atoms with Crippen molar-refractivity contribution < 1.29 is 14.3 Å². The number of nitrogens with zero attached hydrogens (tertiary/aromatic N) is 3. The van der Waals surface area contributed by atoms with Gasteiger partial charge in [0, 0.05) is 37.7 Å². The van der Waals surface area contributed by atoms with Gasteiger partial charge in [-0.05, 0) is 29.8 Å². The molecule has 1 aliphatic heterocycles. The van der Waals surface area contributed by atoms with Gasteiger partial charge in [0.05, 0.1) is 14.2 Å². The summed E-state index contributed by atoms with van der Waals surface area (Å²) >= 11 is 7.48. The summed E-state index contributed by atoms with van der Waals surface area (Å²) in [6, 6.07) is 11.2. The molecule has 7 nitrogen and oxygen atoms in total. The van der Waals surface area contributed by atoms with Crippen molar-refractivity contribution in [3.8, 4) is 11.5 Å². The van der Waals surface area contributed by atoms with Gasteiger partial charge >= 0.3 is 6.03 Å². The lowest BCUT2D eigenvalue weighted by atomic mass is 10.2. The molecule has 1 aromatic heterocycles. The molecule has 158 valence electrons. The van der Waals surface area contributed by atoms with Crippen LogP contribution in [0.25, 0.3) is 10.2 Å². The van der Waals surface area contributed by atoms with Crippen LogP contribution >= 0.6 is 22.9 Å². The summed E-state index contributed by atoms with van der Waals surface area (Å²) in [6.07, 6.45) is 0. The number of halogens is 1. The van der Waals surface area contributed by atoms with Crippen LogP contribution in [0.1, 0.15) is 5.56 Å². The van der Waals surface area contributed by atoms with Crippen molar-refractivity contribution in [3.05, 3.63) is 47.0 Å². The highest BCUT2D eigenvalue weighted by molar-refractivity contribution is 7.22. The zero-order valence-corrected chi connectivity index (χ0v) is 18.4. The minimum atomic E-state index is -0.0581. The number of nitrogens with one attached hydrogen (secondary N) is 1. The van der Waals surface area contributed by atoms with Gasteiger partial charge in [-0.15, -0.1) is 0 Å². The van der Waals surface area contributed by atoms with Crippen LogP contribution in [-0.4, -0.2) is 56.3 Å². The van der Waals surface area contributed by atoms with Gasteiger partial charge in [0.2, 0.25) is 0 Å². The van der Waals surface area contributed by atoms with E-state index in [1.54, 1.807) is 25.6 Å². The number of piperazine rings is 1. The molecule has 9 heteroatoms. The maximum absolute atomic E-state index is 12.5. The topological polar surface area (TPSA) is 66.9 Å². The first kappa shape index (κ1) is 20.6. The first-order valence-electron chi connectivity index (χ1n) is 9.62. The molecule has 2 amide bonds. The van der Waals surface area contributed by atoms with Gasteiger partial charge in [-0.3, -0.25) is 0 Å². The Bertz CT molecular complexity index is 992. The third kappa shape index (κ3) is 4.24. The zero-order chi connectivity index (χ0) is 21.1. The van der Waals surface area contributed by atoms with E-state index in [2.05, 4.69) is 10.2 Å². The number of benzene rings is 2. The van der Waals surface area contributed by atoms with Crippen molar-refractivity contribution >= 4 is 44.3 Å². The SMILES string of the molecule is COc1ccc(OC)c2sc(N3CCN(C(=O)NCc4ccc(Cl)cc4)CC3)nc12. The number of hydrogen-bond acceptors (Lipinski definition) is 6. The number of anilines is 1. The summed E-state index contributed by atoms with van der Waals surface area (Å²) in [7, 11) is 3.30. The maximum atomic E-state index is 12.5. The molecule has 0 aliphatic carbocycles. The smallest absolute Gasteiger partial charge is 0.317 e. The standard InChI is InChI=1S/C21H23ClN4O3S/c1-28-16-7-8-17(29-2)19-18(16)24-21(30-19)26-11-9-25(10-12-26)20(27)23-13-14-3-5-15(22)6-4-14/h3-8H,9-13H2,1-2H3,(H,23,27). The van der Waals surface area contributed by atoms with Gasteiger partial charge in [0.25, 0.3) is 0 Å². The lowest BCUT2D eigenvalue weighted by molar-refractivity contribution is 0.194. The van der Waals surface area contributed by atoms with Gasteiger partial charge in [0.15, 0.2) is 5.13 Å². The molecule has 1 aliphatic rings. The third-order valence-electron chi connectivity index (χ3n) is 5.09. The summed E-state index contributed by atoms with van der Waals surface area (Å²) in [5.74, 6) is 1.52. The molecule has 1 saturated heterocycles.